The molecule has 0 radical (unpaired) electrons. The molecule has 0 N–H and O–H groups in total. The minimum atomic E-state index is -1.33. The number of fused-ring (bicyclic) bond motifs is 1. The van der Waals surface area contributed by atoms with Gasteiger partial charge in [-0.1, -0.05) is 11.6 Å². The molecule has 0 bridgehead atoms. The second-order valence-electron chi connectivity index (χ2n) is 2.37. The van der Waals surface area contributed by atoms with Crippen LogP contribution in [-0.2, 0) is 0 Å². The number of imidazole rings is 1. The molecule has 2 aromatic rings. The summed E-state index contributed by atoms with van der Waals surface area (Å²) < 4.78 is 1.29. The lowest BCUT2D eigenvalue weighted by Crippen LogP contribution is -2.22. The van der Waals surface area contributed by atoms with Gasteiger partial charge >= 0.3 is 0 Å². The molecule has 2 aromatic heterocycles. The number of nitrogens with zero attached hydrogens (tertiary/aromatic N) is 3. The summed E-state index contributed by atoms with van der Waals surface area (Å²) in [5, 5.41) is 14.5. The van der Waals surface area contributed by atoms with Crippen LogP contribution in [0, 0.1) is 0 Å². The van der Waals surface area contributed by atoms with Crippen LogP contribution in [0.15, 0.2) is 18.3 Å². The summed E-state index contributed by atoms with van der Waals surface area (Å²) in [4.78, 5) is 14.1. The lowest BCUT2D eigenvalue weighted by atomic mass is 10.5. The van der Waals surface area contributed by atoms with Gasteiger partial charge in [0.25, 0.3) is 0 Å². The van der Waals surface area contributed by atoms with Crippen molar-refractivity contribution in [3.63, 3.8) is 0 Å². The largest absolute Gasteiger partial charge is 0.543 e. The highest BCUT2D eigenvalue weighted by atomic mass is 35.5. The normalized spacial score (nSPS) is 10.5. The van der Waals surface area contributed by atoms with E-state index in [0.717, 1.165) is 0 Å². The van der Waals surface area contributed by atoms with Crippen LogP contribution in [-0.4, -0.2) is 20.6 Å². The molecule has 66 valence electrons. The van der Waals surface area contributed by atoms with Gasteiger partial charge in [-0.15, -0.1) is 0 Å². The topological polar surface area (TPSA) is 70.3 Å². The molecule has 6 heteroatoms. The fraction of sp³-hybridized carbons (Fsp3) is 0. The maximum absolute atomic E-state index is 10.4. The number of carbonyl (C=O) groups excluding carboxylic acids is 1. The minimum Gasteiger partial charge on any atom is -0.543 e. The smallest absolute Gasteiger partial charge is 0.154 e. The maximum atomic E-state index is 10.4. The average Bonchev–Trinajstić information content (AvgIpc) is 2.46. The van der Waals surface area contributed by atoms with Crippen molar-refractivity contribution in [3.8, 4) is 0 Å². The number of rotatable bonds is 1. The Kier molecular flexibility index (Phi) is 1.66. The molecule has 0 aromatic carbocycles. The van der Waals surface area contributed by atoms with Crippen LogP contribution in [0.5, 0.6) is 0 Å². The van der Waals surface area contributed by atoms with Crippen LogP contribution >= 0.6 is 11.6 Å². The molecular weight excluding hydrogens is 194 g/mol. The van der Waals surface area contributed by atoms with Crippen LogP contribution in [0.4, 0.5) is 0 Å². The first-order chi connectivity index (χ1) is 6.16. The number of hydrogen-bond donors (Lipinski definition) is 0. The third-order valence-corrected chi connectivity index (χ3v) is 1.70. The Hall–Kier alpha value is -1.62. The lowest BCUT2D eigenvalue weighted by molar-refractivity contribution is -0.255. The fourth-order valence-electron chi connectivity index (χ4n) is 0.957. The van der Waals surface area contributed by atoms with E-state index in [-0.39, 0.29) is 10.8 Å². The van der Waals surface area contributed by atoms with Gasteiger partial charge < -0.3 is 9.90 Å². The maximum Gasteiger partial charge on any atom is 0.154 e. The van der Waals surface area contributed by atoms with Gasteiger partial charge in [-0.3, -0.25) is 0 Å². The Labute approximate surface area is 77.6 Å². The monoisotopic (exact) mass is 196 g/mol. The van der Waals surface area contributed by atoms with Crippen LogP contribution in [0.3, 0.4) is 0 Å². The number of carboxylic acid groups (broad SMARTS) is 1. The van der Waals surface area contributed by atoms with Crippen molar-refractivity contribution in [1.29, 1.82) is 0 Å². The third-order valence-electron chi connectivity index (χ3n) is 1.50. The Bertz CT molecular complexity index is 480. The molecule has 0 aliphatic heterocycles. The zero-order valence-corrected chi connectivity index (χ0v) is 7.02. The molecule has 0 aliphatic rings. The van der Waals surface area contributed by atoms with E-state index in [0.29, 0.717) is 5.65 Å². The zero-order valence-electron chi connectivity index (χ0n) is 6.27. The molecule has 0 aliphatic carbocycles. The Morgan fingerprint density at radius 3 is 3.00 bits per heavy atom. The standard InChI is InChI=1S/C7H4ClN3O2/c8-5-1-2-6-9-4(7(12)13)3-11(6)10-5/h1-3H,(H,12,13)/p-1. The number of halogens is 1. The van der Waals surface area contributed by atoms with Gasteiger partial charge in [0.05, 0.1) is 12.2 Å². The van der Waals surface area contributed by atoms with Gasteiger partial charge in [0.15, 0.2) is 5.65 Å². The predicted molar refractivity (Wildman–Crippen MR) is 42.3 cm³/mol. The highest BCUT2D eigenvalue weighted by Crippen LogP contribution is 2.07. The first-order valence-corrected chi connectivity index (χ1v) is 3.78. The molecular formula is C7H3ClN3O2-. The fourth-order valence-corrected chi connectivity index (χ4v) is 1.10. The summed E-state index contributed by atoms with van der Waals surface area (Å²) in [6, 6.07) is 3.10. The van der Waals surface area contributed by atoms with Crippen LogP contribution in [0.25, 0.3) is 5.65 Å². The average molecular weight is 197 g/mol. The van der Waals surface area contributed by atoms with Gasteiger partial charge in [-0.25, -0.2) is 9.50 Å². The second-order valence-corrected chi connectivity index (χ2v) is 2.76. The highest BCUT2D eigenvalue weighted by molar-refractivity contribution is 6.29. The Balaban J connectivity index is 2.68. The van der Waals surface area contributed by atoms with Gasteiger partial charge in [0, 0.05) is 0 Å². The van der Waals surface area contributed by atoms with Gasteiger partial charge in [0.1, 0.15) is 10.8 Å². The highest BCUT2D eigenvalue weighted by Gasteiger charge is 2.02. The molecule has 2 rings (SSSR count). The zero-order chi connectivity index (χ0) is 9.42. The number of carbonyl (C=O) groups is 1. The SMILES string of the molecule is O=C([O-])c1cn2nc(Cl)ccc2n1. The van der Waals surface area contributed by atoms with E-state index in [2.05, 4.69) is 10.1 Å². The van der Waals surface area contributed by atoms with Gasteiger partial charge in [-0.05, 0) is 12.1 Å². The first kappa shape index (κ1) is 8.00. The molecule has 0 atom stereocenters. The molecule has 0 spiro atoms. The molecule has 2 heterocycles. The van der Waals surface area contributed by atoms with Crippen molar-refractivity contribution in [2.45, 2.75) is 0 Å². The molecule has 0 amide bonds. The summed E-state index contributed by atoms with van der Waals surface area (Å²) in [5.74, 6) is -1.33. The van der Waals surface area contributed by atoms with Crippen molar-refractivity contribution in [3.05, 3.63) is 29.2 Å². The van der Waals surface area contributed by atoms with E-state index < -0.39 is 5.97 Å². The van der Waals surface area contributed by atoms with E-state index in [1.54, 1.807) is 6.07 Å². The van der Waals surface area contributed by atoms with E-state index >= 15 is 0 Å². The van der Waals surface area contributed by atoms with Crippen molar-refractivity contribution < 1.29 is 9.90 Å². The molecule has 0 saturated carbocycles. The number of aromatic nitrogens is 3. The second kappa shape index (κ2) is 2.70. The van der Waals surface area contributed by atoms with Crippen molar-refractivity contribution in [1.82, 2.24) is 14.6 Å². The first-order valence-electron chi connectivity index (χ1n) is 3.40. The molecule has 0 fully saturated rings. The number of carboxylic acids is 1. The van der Waals surface area contributed by atoms with Crippen molar-refractivity contribution in [2.24, 2.45) is 0 Å². The summed E-state index contributed by atoms with van der Waals surface area (Å²) in [7, 11) is 0. The van der Waals surface area contributed by atoms with E-state index in [1.807, 2.05) is 0 Å². The summed E-state index contributed by atoms with van der Waals surface area (Å²) in [5.41, 5.74) is 0.262. The molecule has 0 saturated heterocycles. The number of aromatic carboxylic acids is 1. The van der Waals surface area contributed by atoms with Crippen LogP contribution in [0.2, 0.25) is 5.15 Å². The van der Waals surface area contributed by atoms with Crippen molar-refractivity contribution >= 4 is 23.2 Å². The number of hydrogen-bond acceptors (Lipinski definition) is 4. The minimum absolute atomic E-state index is 0.158. The Morgan fingerprint density at radius 2 is 2.31 bits per heavy atom. The summed E-state index contributed by atoms with van der Waals surface area (Å²) in [6.07, 6.45) is 1.25. The van der Waals surface area contributed by atoms with Crippen LogP contribution in [0.1, 0.15) is 10.5 Å². The summed E-state index contributed by atoms with van der Waals surface area (Å²) in [6.45, 7) is 0. The van der Waals surface area contributed by atoms with E-state index in [9.17, 15) is 9.90 Å². The molecule has 0 unspecified atom stereocenters. The van der Waals surface area contributed by atoms with Gasteiger partial charge in [-0.2, -0.15) is 5.10 Å². The summed E-state index contributed by atoms with van der Waals surface area (Å²) >= 11 is 5.58. The van der Waals surface area contributed by atoms with E-state index in [1.165, 1.54) is 16.8 Å². The van der Waals surface area contributed by atoms with Crippen molar-refractivity contribution in [2.75, 3.05) is 0 Å². The molecule has 13 heavy (non-hydrogen) atoms. The molecule has 5 nitrogen and oxygen atoms in total. The van der Waals surface area contributed by atoms with Crippen LogP contribution < -0.4 is 5.11 Å². The van der Waals surface area contributed by atoms with E-state index in [4.69, 9.17) is 11.6 Å². The third kappa shape index (κ3) is 1.33. The quantitative estimate of drug-likeness (QED) is 0.631. The predicted octanol–water partition coefficient (Wildman–Crippen LogP) is -0.254. The Morgan fingerprint density at radius 1 is 1.54 bits per heavy atom. The van der Waals surface area contributed by atoms with Gasteiger partial charge in [0.2, 0.25) is 0 Å². The lowest BCUT2D eigenvalue weighted by Gasteiger charge is -1.90.